The van der Waals surface area contributed by atoms with E-state index in [2.05, 4.69) is 76.2 Å². The highest BCUT2D eigenvalue weighted by atomic mass is 35.5. The van der Waals surface area contributed by atoms with Gasteiger partial charge >= 0.3 is 18.1 Å². The predicted octanol–water partition coefficient (Wildman–Crippen LogP) is 15.3. The summed E-state index contributed by atoms with van der Waals surface area (Å²) >= 11 is 41.0. The van der Waals surface area contributed by atoms with E-state index < -0.39 is 0 Å². The van der Waals surface area contributed by atoms with Crippen LogP contribution in [0.3, 0.4) is 0 Å². The molecule has 6 aliphatic rings. The van der Waals surface area contributed by atoms with Crippen LogP contribution >= 0.6 is 80.9 Å². The van der Waals surface area contributed by atoms with E-state index in [4.69, 9.17) is 103 Å². The number of hydrogen-bond acceptors (Lipinski definition) is 23. The smallest absolute Gasteiger partial charge is 0.330 e. The summed E-state index contributed by atoms with van der Waals surface area (Å²) in [7, 11) is 12.1. The van der Waals surface area contributed by atoms with E-state index in [9.17, 15) is 28.8 Å². The lowest BCUT2D eigenvalue weighted by atomic mass is 9.81. The van der Waals surface area contributed by atoms with E-state index in [0.717, 1.165) is 82.1 Å². The van der Waals surface area contributed by atoms with Gasteiger partial charge < -0.3 is 55.0 Å². The second kappa shape index (κ2) is 37.8. The van der Waals surface area contributed by atoms with Crippen molar-refractivity contribution in [1.29, 1.82) is 0 Å². The Hall–Kier alpha value is -9.89. The van der Waals surface area contributed by atoms with Gasteiger partial charge in [-0.1, -0.05) is 128 Å². The van der Waals surface area contributed by atoms with Gasteiger partial charge in [0.05, 0.1) is 85.9 Å². The van der Waals surface area contributed by atoms with E-state index in [1.807, 2.05) is 5.38 Å². The van der Waals surface area contributed by atoms with Crippen LogP contribution in [0.2, 0.25) is 30.1 Å². The number of anilines is 9. The second-order valence-corrected chi connectivity index (χ2v) is 30.3. The molecule has 0 bridgehead atoms. The topological polar surface area (TPSA) is 328 Å². The molecule has 0 radical (unpaired) electrons. The zero-order chi connectivity index (χ0) is 81.1. The van der Waals surface area contributed by atoms with Crippen LogP contribution in [0, 0.1) is 5.92 Å². The summed E-state index contributed by atoms with van der Waals surface area (Å²) in [6.07, 6.45) is 22.6. The standard InChI is InChI=1S/C28H30Cl2N6O4S.2C24H28Cl2N6O4/c1-4-18(37)11-16-7-5-6-8-19(16)33-27-32-13-17-14-35(25-23(29)20(39-2)12-21(40-3)24(25)30)28(38)36(26(17)34-27)15-22-31-9-10-41-22;2*1-5-18(33)28-14-8-6-7-9-15(14)29-23-27-11-13-12-32(24(34)31(2)22(13)30-23)21-19(25)16(35-3)10-17(36-4)20(21)26/h4,9-10,12-13,16,19H,1,5-8,11,14-15H2,2-3H3,(H,32,33,34);2*5,10-11,14-15H,1,6-9,12H2,2-4H3,(H,28,33)(H,27,29,30)/t16-,19-;2*14-,15+/m010/s1. The number of carbonyl (C=O) groups is 6. The Morgan fingerprint density at radius 3 is 1.16 bits per heavy atom. The summed E-state index contributed by atoms with van der Waals surface area (Å²) in [6, 6.07) is 3.41. The summed E-state index contributed by atoms with van der Waals surface area (Å²) in [4.78, 5) is 118. The number of rotatable bonds is 24. The van der Waals surface area contributed by atoms with Crippen LogP contribution in [-0.4, -0.2) is 158 Å². The molecule has 3 fully saturated rings. The Morgan fingerprint density at radius 1 is 0.469 bits per heavy atom. The normalized spacial score (nSPS) is 19.1. The summed E-state index contributed by atoms with van der Waals surface area (Å²) in [6.45, 7) is 11.3. The molecule has 113 heavy (non-hydrogen) atoms. The summed E-state index contributed by atoms with van der Waals surface area (Å²) in [5, 5.41) is 19.8. The van der Waals surface area contributed by atoms with E-state index >= 15 is 0 Å². The summed E-state index contributed by atoms with van der Waals surface area (Å²) in [5.74, 6) is 4.29. The fraction of sp³-hybridized carbons (Fsp3) is 0.408. The van der Waals surface area contributed by atoms with Crippen molar-refractivity contribution in [3.63, 3.8) is 0 Å². The number of ether oxygens (including phenoxy) is 6. The Kier molecular flexibility index (Phi) is 28.1. The molecule has 6 atom stereocenters. The van der Waals surface area contributed by atoms with Crippen molar-refractivity contribution in [2.24, 2.45) is 5.92 Å². The molecule has 5 N–H and O–H groups in total. The van der Waals surface area contributed by atoms with Gasteiger partial charge in [0.25, 0.3) is 0 Å². The Bertz CT molecular complexity index is 4500. The minimum Gasteiger partial charge on any atom is -0.495 e. The Labute approximate surface area is 687 Å². The van der Waals surface area contributed by atoms with Gasteiger partial charge in [-0.2, -0.15) is 15.0 Å². The van der Waals surface area contributed by atoms with Crippen LogP contribution in [-0.2, 0) is 40.6 Å². The molecule has 37 heteroatoms. The summed E-state index contributed by atoms with van der Waals surface area (Å²) in [5.41, 5.74) is 2.93. The number of thiazole rings is 1. The molecule has 7 aromatic rings. The summed E-state index contributed by atoms with van der Waals surface area (Å²) < 4.78 is 32.2. The van der Waals surface area contributed by atoms with Gasteiger partial charge in [-0.05, 0) is 62.7 Å². The molecule has 4 aromatic heterocycles. The highest BCUT2D eigenvalue weighted by Gasteiger charge is 2.41. The molecule has 3 aliphatic carbocycles. The number of allylic oxidation sites excluding steroid dienone is 1. The first-order chi connectivity index (χ1) is 54.4. The lowest BCUT2D eigenvalue weighted by Gasteiger charge is -2.37. The van der Waals surface area contributed by atoms with Crippen LogP contribution in [0.1, 0.15) is 105 Å². The first-order valence-corrected chi connectivity index (χ1v) is 39.3. The van der Waals surface area contributed by atoms with E-state index in [-0.39, 0.29) is 145 Å². The molecule has 30 nitrogen and oxygen atoms in total. The molecule has 7 heterocycles. The highest BCUT2D eigenvalue weighted by Crippen LogP contribution is 2.52. The van der Waals surface area contributed by atoms with Crippen LogP contribution in [0.15, 0.2) is 86.3 Å². The highest BCUT2D eigenvalue weighted by molar-refractivity contribution is 7.09. The van der Waals surface area contributed by atoms with Gasteiger partial charge in [0.15, 0.2) is 5.78 Å². The zero-order valence-corrected chi connectivity index (χ0v) is 68.7. The lowest BCUT2D eigenvalue weighted by molar-refractivity contribution is -0.118. The first-order valence-electron chi connectivity index (χ1n) is 36.2. The van der Waals surface area contributed by atoms with Crippen molar-refractivity contribution in [3.05, 3.63) is 138 Å². The monoisotopic (exact) mass is 1680 g/mol. The van der Waals surface area contributed by atoms with E-state index in [0.29, 0.717) is 92.9 Å². The third kappa shape index (κ3) is 18.5. The van der Waals surface area contributed by atoms with Crippen molar-refractivity contribution in [3.8, 4) is 34.5 Å². The number of hydrogen-bond donors (Lipinski definition) is 5. The SMILES string of the molecule is C=CC(=O)C[C@@H]1CCCC[C@@H]1Nc1ncc2c(n1)N(Cc1nccs1)C(=O)N(c1c(Cl)c(OC)cc(OC)c1Cl)C2.C=CC(=O)N[C@@H]1CCCC[C@@H]1Nc1ncc2c(n1)N(C)C(=O)N(c1c(Cl)c(OC)cc(OC)c1Cl)C2.C=CC(=O)N[C@H]1CCCC[C@H]1Nc1ncc2c(n1)N(C)C(=O)N(c1c(Cl)c(OC)cc(OC)c1Cl)C2. The second-order valence-electron chi connectivity index (χ2n) is 27.0. The molecule has 0 spiro atoms. The van der Waals surface area contributed by atoms with Crippen LogP contribution in [0.5, 0.6) is 34.5 Å². The minimum atomic E-state index is -0.386. The van der Waals surface area contributed by atoms with E-state index in [1.165, 1.54) is 96.7 Å². The molecule has 8 amide bonds. The number of aromatic nitrogens is 7. The molecule has 3 aromatic carbocycles. The molecule has 600 valence electrons. The fourth-order valence-electron chi connectivity index (χ4n) is 14.4. The molecular formula is C76H86Cl6N18O12S. The Balaban J connectivity index is 0.000000168. The molecule has 0 unspecified atom stereocenters. The van der Waals surface area contributed by atoms with Crippen molar-refractivity contribution >= 4 is 169 Å². The quantitative estimate of drug-likeness (QED) is 0.0351. The first kappa shape index (κ1) is 84.0. The van der Waals surface area contributed by atoms with E-state index in [1.54, 1.807) is 62.0 Å². The van der Waals surface area contributed by atoms with Crippen molar-refractivity contribution < 1.29 is 57.2 Å². The average molecular weight is 1690 g/mol. The molecule has 3 aliphatic heterocycles. The maximum absolute atomic E-state index is 14.1. The van der Waals surface area contributed by atoms with Crippen molar-refractivity contribution in [2.75, 3.05) is 102 Å². The number of ketones is 1. The van der Waals surface area contributed by atoms with Crippen molar-refractivity contribution in [1.82, 2.24) is 45.5 Å². The number of nitrogens with one attached hydrogen (secondary N) is 5. The van der Waals surface area contributed by atoms with Gasteiger partial charge in [0.2, 0.25) is 29.7 Å². The maximum Gasteiger partial charge on any atom is 0.330 e. The largest absolute Gasteiger partial charge is 0.495 e. The molecular weight excluding hydrogens is 1600 g/mol. The number of halogens is 6. The number of carbonyl (C=O) groups excluding carboxylic acids is 6. The Morgan fingerprint density at radius 2 is 0.805 bits per heavy atom. The van der Waals surface area contributed by atoms with Crippen LogP contribution < -0.4 is 84.4 Å². The van der Waals surface area contributed by atoms with Gasteiger partial charge in [-0.15, -0.1) is 11.3 Å². The fourth-order valence-corrected chi connectivity index (χ4v) is 17.1. The minimum absolute atomic E-state index is 0.0295. The third-order valence-electron chi connectivity index (χ3n) is 20.2. The number of urea groups is 3. The zero-order valence-electron chi connectivity index (χ0n) is 63.3. The molecule has 3 saturated carbocycles. The average Bonchev–Trinajstić information content (AvgIpc) is 1.09. The number of amides is 8. The molecule has 13 rings (SSSR count). The lowest BCUT2D eigenvalue weighted by Crippen LogP contribution is -2.48. The van der Waals surface area contributed by atoms with Crippen molar-refractivity contribution in [2.45, 2.75) is 140 Å². The van der Waals surface area contributed by atoms with Crippen LogP contribution in [0.4, 0.5) is 66.7 Å². The predicted molar refractivity (Wildman–Crippen MR) is 440 cm³/mol. The maximum atomic E-state index is 14.1. The number of methoxy groups -OCH3 is 6. The van der Waals surface area contributed by atoms with Crippen LogP contribution in [0.25, 0.3) is 0 Å². The number of nitrogens with zero attached hydrogens (tertiary/aromatic N) is 13. The van der Waals surface area contributed by atoms with Gasteiger partial charge in [0.1, 0.15) is 87.1 Å². The number of fused-ring (bicyclic) bond motifs is 3. The molecule has 0 saturated heterocycles. The van der Waals surface area contributed by atoms with Gasteiger partial charge in [-0.3, -0.25) is 43.8 Å². The third-order valence-corrected chi connectivity index (χ3v) is 23.2. The number of benzene rings is 3. The van der Waals surface area contributed by atoms with Gasteiger partial charge in [0, 0.05) is 116 Å². The van der Waals surface area contributed by atoms with Gasteiger partial charge in [-0.25, -0.2) is 34.3 Å².